The summed E-state index contributed by atoms with van der Waals surface area (Å²) >= 11 is 1.63. The maximum Gasteiger partial charge on any atom is 0.214 e. The van der Waals surface area contributed by atoms with Crippen LogP contribution in [0.3, 0.4) is 0 Å². The van der Waals surface area contributed by atoms with Crippen molar-refractivity contribution in [1.29, 1.82) is 0 Å². The molecule has 1 saturated heterocycles. The van der Waals surface area contributed by atoms with Gasteiger partial charge in [-0.15, -0.1) is 5.10 Å². The minimum atomic E-state index is 0.229. The zero-order valence-corrected chi connectivity index (χ0v) is 16.8. The first-order valence-electron chi connectivity index (χ1n) is 9.08. The SMILES string of the molecule is COc1ccc(C)cc1-n1nnnc1SC[C@H]1C[NH+](CC(C)C)CCO1. The molecule has 1 aromatic carbocycles. The van der Waals surface area contributed by atoms with Gasteiger partial charge in [0.25, 0.3) is 0 Å². The number of ether oxygens (including phenoxy) is 2. The summed E-state index contributed by atoms with van der Waals surface area (Å²) < 4.78 is 13.2. The Balaban J connectivity index is 1.67. The number of methoxy groups -OCH3 is 1. The number of benzene rings is 1. The molecular weight excluding hydrogens is 350 g/mol. The van der Waals surface area contributed by atoms with E-state index in [1.165, 1.54) is 6.54 Å². The molecule has 0 radical (unpaired) electrons. The van der Waals surface area contributed by atoms with Gasteiger partial charge in [0.1, 0.15) is 30.6 Å². The molecular formula is C18H28N5O2S+. The van der Waals surface area contributed by atoms with Gasteiger partial charge in [0.05, 0.1) is 20.3 Å². The van der Waals surface area contributed by atoms with E-state index in [4.69, 9.17) is 9.47 Å². The van der Waals surface area contributed by atoms with Gasteiger partial charge in [0, 0.05) is 11.7 Å². The van der Waals surface area contributed by atoms with E-state index in [1.54, 1.807) is 28.5 Å². The average Bonchev–Trinajstić information content (AvgIpc) is 3.08. The number of nitrogens with zero attached hydrogens (tertiary/aromatic N) is 4. The van der Waals surface area contributed by atoms with Crippen molar-refractivity contribution in [1.82, 2.24) is 20.2 Å². The van der Waals surface area contributed by atoms with Gasteiger partial charge in [-0.3, -0.25) is 0 Å². The molecule has 7 nitrogen and oxygen atoms in total. The molecule has 26 heavy (non-hydrogen) atoms. The third-order valence-electron chi connectivity index (χ3n) is 4.42. The van der Waals surface area contributed by atoms with Crippen molar-refractivity contribution in [2.24, 2.45) is 5.92 Å². The normalized spacial score (nSPS) is 20.5. The van der Waals surface area contributed by atoms with Gasteiger partial charge in [-0.2, -0.15) is 4.68 Å². The van der Waals surface area contributed by atoms with E-state index in [0.29, 0.717) is 5.92 Å². The molecule has 8 heteroatoms. The Morgan fingerprint density at radius 3 is 3.04 bits per heavy atom. The topological polar surface area (TPSA) is 66.5 Å². The maximum absolute atomic E-state index is 5.95. The number of nitrogens with one attached hydrogen (secondary N) is 1. The third-order valence-corrected chi connectivity index (χ3v) is 5.48. The number of tetrazole rings is 1. The summed E-state index contributed by atoms with van der Waals surface area (Å²) in [6, 6.07) is 5.99. The van der Waals surface area contributed by atoms with Crippen molar-refractivity contribution in [3.8, 4) is 11.4 Å². The number of hydrogen-bond donors (Lipinski definition) is 1. The molecule has 1 aliphatic rings. The van der Waals surface area contributed by atoms with Gasteiger partial charge in [-0.1, -0.05) is 31.7 Å². The minimum absolute atomic E-state index is 0.229. The number of morpholine rings is 1. The standard InChI is InChI=1S/C18H27N5O2S/c1-13(2)10-22-7-8-25-15(11-22)12-26-18-19-20-21-23(18)16-9-14(3)5-6-17(16)24-4/h5-6,9,13,15H,7-8,10-12H2,1-4H3/p+1/t15-/m1/s1. The van der Waals surface area contributed by atoms with E-state index in [0.717, 1.165) is 47.6 Å². The monoisotopic (exact) mass is 378 g/mol. The highest BCUT2D eigenvalue weighted by molar-refractivity contribution is 7.99. The van der Waals surface area contributed by atoms with Gasteiger partial charge in [0.2, 0.25) is 5.16 Å². The van der Waals surface area contributed by atoms with E-state index in [1.807, 2.05) is 25.1 Å². The Kier molecular flexibility index (Phi) is 6.50. The van der Waals surface area contributed by atoms with Gasteiger partial charge >= 0.3 is 0 Å². The average molecular weight is 379 g/mol. The van der Waals surface area contributed by atoms with Crippen LogP contribution in [0.4, 0.5) is 0 Å². The van der Waals surface area contributed by atoms with Crippen LogP contribution in [0.25, 0.3) is 5.69 Å². The number of hydrogen-bond acceptors (Lipinski definition) is 6. The summed E-state index contributed by atoms with van der Waals surface area (Å²) in [5.74, 6) is 2.31. The lowest BCUT2D eigenvalue weighted by Gasteiger charge is -2.30. The lowest BCUT2D eigenvalue weighted by molar-refractivity contribution is -0.914. The van der Waals surface area contributed by atoms with Gasteiger partial charge in [0.15, 0.2) is 0 Å². The van der Waals surface area contributed by atoms with Crippen molar-refractivity contribution in [3.05, 3.63) is 23.8 Å². The van der Waals surface area contributed by atoms with Crippen LogP contribution >= 0.6 is 11.8 Å². The Labute approximate surface area is 159 Å². The highest BCUT2D eigenvalue weighted by Gasteiger charge is 2.25. The number of aromatic nitrogens is 4. The van der Waals surface area contributed by atoms with Gasteiger partial charge < -0.3 is 14.4 Å². The molecule has 1 unspecified atom stereocenters. The second-order valence-electron chi connectivity index (χ2n) is 7.15. The lowest BCUT2D eigenvalue weighted by atomic mass is 10.2. The summed E-state index contributed by atoms with van der Waals surface area (Å²) in [5.41, 5.74) is 1.99. The highest BCUT2D eigenvalue weighted by atomic mass is 32.2. The molecule has 1 fully saturated rings. The maximum atomic E-state index is 5.95. The molecule has 142 valence electrons. The molecule has 2 aromatic rings. The molecule has 1 aliphatic heterocycles. The molecule has 3 rings (SSSR count). The molecule has 2 heterocycles. The van der Waals surface area contributed by atoms with Crippen molar-refractivity contribution in [2.75, 3.05) is 39.1 Å². The van der Waals surface area contributed by atoms with Crippen LogP contribution in [0, 0.1) is 12.8 Å². The summed E-state index contributed by atoms with van der Waals surface area (Å²) in [4.78, 5) is 1.62. The van der Waals surface area contributed by atoms with Crippen LogP contribution < -0.4 is 9.64 Å². The molecule has 0 bridgehead atoms. The first-order valence-corrected chi connectivity index (χ1v) is 10.1. The molecule has 1 aromatic heterocycles. The molecule has 0 spiro atoms. The highest BCUT2D eigenvalue weighted by Crippen LogP contribution is 2.27. The molecule has 1 N–H and O–H groups in total. The van der Waals surface area contributed by atoms with Crippen molar-refractivity contribution in [3.63, 3.8) is 0 Å². The number of quaternary nitrogens is 1. The molecule has 0 saturated carbocycles. The second kappa shape index (κ2) is 8.83. The van der Waals surface area contributed by atoms with Crippen LogP contribution in [0.1, 0.15) is 19.4 Å². The fourth-order valence-corrected chi connectivity index (χ4v) is 4.18. The zero-order chi connectivity index (χ0) is 18.5. The van der Waals surface area contributed by atoms with Crippen molar-refractivity contribution < 1.29 is 14.4 Å². The fraction of sp³-hybridized carbons (Fsp3) is 0.611. The largest absolute Gasteiger partial charge is 0.494 e. The Bertz CT molecular complexity index is 721. The quantitative estimate of drug-likeness (QED) is 0.726. The zero-order valence-electron chi connectivity index (χ0n) is 15.9. The van der Waals surface area contributed by atoms with Crippen LogP contribution in [-0.4, -0.2) is 65.4 Å². The molecule has 0 amide bonds. The molecule has 2 atom stereocenters. The van der Waals surface area contributed by atoms with Crippen LogP contribution in [0.2, 0.25) is 0 Å². The Morgan fingerprint density at radius 1 is 1.42 bits per heavy atom. The van der Waals surface area contributed by atoms with E-state index in [2.05, 4.69) is 29.4 Å². The second-order valence-corrected chi connectivity index (χ2v) is 8.14. The number of rotatable bonds is 7. The van der Waals surface area contributed by atoms with E-state index in [-0.39, 0.29) is 6.10 Å². The first-order chi connectivity index (χ1) is 12.6. The minimum Gasteiger partial charge on any atom is -0.494 e. The van der Waals surface area contributed by atoms with E-state index < -0.39 is 0 Å². The van der Waals surface area contributed by atoms with Crippen LogP contribution in [0.5, 0.6) is 5.75 Å². The van der Waals surface area contributed by atoms with E-state index >= 15 is 0 Å². The Morgan fingerprint density at radius 2 is 2.27 bits per heavy atom. The smallest absolute Gasteiger partial charge is 0.214 e. The third kappa shape index (κ3) is 4.75. The van der Waals surface area contributed by atoms with Crippen LogP contribution in [0.15, 0.2) is 23.4 Å². The molecule has 0 aliphatic carbocycles. The van der Waals surface area contributed by atoms with Crippen molar-refractivity contribution in [2.45, 2.75) is 32.0 Å². The fourth-order valence-electron chi connectivity index (χ4n) is 3.28. The van der Waals surface area contributed by atoms with Gasteiger partial charge in [-0.25, -0.2) is 0 Å². The van der Waals surface area contributed by atoms with E-state index in [9.17, 15) is 0 Å². The summed E-state index contributed by atoms with van der Waals surface area (Å²) in [5, 5.41) is 13.0. The lowest BCUT2D eigenvalue weighted by Crippen LogP contribution is -3.15. The van der Waals surface area contributed by atoms with Crippen LogP contribution in [-0.2, 0) is 4.74 Å². The van der Waals surface area contributed by atoms with Gasteiger partial charge in [-0.05, 0) is 35.0 Å². The summed E-state index contributed by atoms with van der Waals surface area (Å²) in [7, 11) is 1.66. The number of aryl methyl sites for hydroxylation is 1. The summed E-state index contributed by atoms with van der Waals surface area (Å²) in [6.07, 6.45) is 0.229. The summed E-state index contributed by atoms with van der Waals surface area (Å²) in [6.45, 7) is 10.7. The van der Waals surface area contributed by atoms with Crippen molar-refractivity contribution >= 4 is 11.8 Å². The first kappa shape index (κ1) is 19.1. The number of thioether (sulfide) groups is 1. The predicted octanol–water partition coefficient (Wildman–Crippen LogP) is 1.01. The Hall–Kier alpha value is -1.64. The predicted molar refractivity (Wildman–Crippen MR) is 101 cm³/mol.